The highest BCUT2D eigenvalue weighted by molar-refractivity contribution is 9.10. The average molecular weight is 377 g/mol. The van der Waals surface area contributed by atoms with Crippen LogP contribution in [-0.4, -0.2) is 20.4 Å². The maximum absolute atomic E-state index is 12.3. The molecule has 1 heterocycles. The number of anilines is 2. The monoisotopic (exact) mass is 375 g/mol. The van der Waals surface area contributed by atoms with E-state index in [4.69, 9.17) is 11.6 Å². The lowest BCUT2D eigenvalue weighted by Crippen LogP contribution is -2.16. The first-order valence-corrected chi connectivity index (χ1v) is 8.20. The largest absolute Gasteiger partial charge is 0.386 e. The highest BCUT2D eigenvalue weighted by Crippen LogP contribution is 2.28. The van der Waals surface area contributed by atoms with Gasteiger partial charge in [0.05, 0.1) is 16.4 Å². The summed E-state index contributed by atoms with van der Waals surface area (Å²) in [4.78, 5) is 3.90. The number of hydrogen-bond donors (Lipinski definition) is 2. The Bertz CT molecular complexity index is 737. The summed E-state index contributed by atoms with van der Waals surface area (Å²) >= 11 is 9.26. The predicted octanol–water partition coefficient (Wildman–Crippen LogP) is 3.34. The molecule has 0 amide bonds. The second kappa shape index (κ2) is 5.99. The number of benzene rings is 1. The molecular formula is C12H11BrClN3O2S. The van der Waals surface area contributed by atoms with Gasteiger partial charge in [-0.15, -0.1) is 0 Å². The fourth-order valence-electron chi connectivity index (χ4n) is 1.56. The third-order valence-electron chi connectivity index (χ3n) is 2.47. The molecule has 0 aliphatic carbocycles. The van der Waals surface area contributed by atoms with Crippen LogP contribution in [0, 0.1) is 0 Å². The van der Waals surface area contributed by atoms with E-state index in [1.165, 1.54) is 6.20 Å². The van der Waals surface area contributed by atoms with Gasteiger partial charge in [-0.05, 0) is 30.3 Å². The molecule has 0 saturated carbocycles. The van der Waals surface area contributed by atoms with Crippen LogP contribution >= 0.6 is 27.5 Å². The van der Waals surface area contributed by atoms with Crippen molar-refractivity contribution in [3.8, 4) is 0 Å². The zero-order valence-corrected chi connectivity index (χ0v) is 13.6. The lowest BCUT2D eigenvalue weighted by Gasteiger charge is -2.12. The van der Waals surface area contributed by atoms with Crippen molar-refractivity contribution in [1.29, 1.82) is 0 Å². The topological polar surface area (TPSA) is 71.1 Å². The minimum absolute atomic E-state index is 0.0820. The Hall–Kier alpha value is -1.31. The van der Waals surface area contributed by atoms with Gasteiger partial charge in [0.1, 0.15) is 0 Å². The molecule has 0 spiro atoms. The molecular weight excluding hydrogens is 366 g/mol. The smallest absolute Gasteiger partial charge is 0.281 e. The molecule has 0 aliphatic rings. The molecule has 0 atom stereocenters. The molecule has 0 unspecified atom stereocenters. The highest BCUT2D eigenvalue weighted by Gasteiger charge is 2.20. The third-order valence-corrected chi connectivity index (χ3v) is 4.60. The van der Waals surface area contributed by atoms with Crippen molar-refractivity contribution in [2.45, 2.75) is 5.03 Å². The lowest BCUT2D eigenvalue weighted by molar-refractivity contribution is 0.598. The number of hydrogen-bond acceptors (Lipinski definition) is 4. The van der Waals surface area contributed by atoms with Crippen molar-refractivity contribution < 1.29 is 8.42 Å². The molecule has 106 valence electrons. The van der Waals surface area contributed by atoms with Crippen molar-refractivity contribution >= 4 is 48.9 Å². The Morgan fingerprint density at radius 3 is 2.65 bits per heavy atom. The van der Waals surface area contributed by atoms with Crippen molar-refractivity contribution in [2.75, 3.05) is 17.1 Å². The normalized spacial score (nSPS) is 11.2. The number of halogens is 2. The maximum Gasteiger partial charge on any atom is 0.281 e. The summed E-state index contributed by atoms with van der Waals surface area (Å²) < 4.78 is 27.9. The quantitative estimate of drug-likeness (QED) is 0.858. The van der Waals surface area contributed by atoms with Crippen LogP contribution in [0.4, 0.5) is 11.4 Å². The Morgan fingerprint density at radius 2 is 2.00 bits per heavy atom. The van der Waals surface area contributed by atoms with E-state index in [0.717, 1.165) is 4.47 Å². The molecule has 1 aromatic heterocycles. The summed E-state index contributed by atoms with van der Waals surface area (Å²) in [6, 6.07) is 8.16. The molecule has 1 aromatic carbocycles. The molecule has 0 fully saturated rings. The fourth-order valence-corrected chi connectivity index (χ4v) is 3.56. The van der Waals surface area contributed by atoms with Crippen LogP contribution in [0.2, 0.25) is 5.02 Å². The van der Waals surface area contributed by atoms with E-state index in [9.17, 15) is 8.42 Å². The molecule has 2 N–H and O–H groups in total. The van der Waals surface area contributed by atoms with Crippen LogP contribution in [0.15, 0.2) is 46.0 Å². The first-order valence-electron chi connectivity index (χ1n) is 5.54. The van der Waals surface area contributed by atoms with Crippen LogP contribution < -0.4 is 10.0 Å². The number of pyridine rings is 1. The van der Waals surface area contributed by atoms with Crippen molar-refractivity contribution in [3.63, 3.8) is 0 Å². The predicted molar refractivity (Wildman–Crippen MR) is 83.7 cm³/mol. The average Bonchev–Trinajstić information content (AvgIpc) is 2.42. The lowest BCUT2D eigenvalue weighted by atomic mass is 10.3. The summed E-state index contributed by atoms with van der Waals surface area (Å²) in [6.45, 7) is 0. The summed E-state index contributed by atoms with van der Waals surface area (Å²) in [5, 5.41) is 3.00. The number of sulfonamides is 1. The van der Waals surface area contributed by atoms with Crippen LogP contribution in [0.1, 0.15) is 0 Å². The fraction of sp³-hybridized carbons (Fsp3) is 0.0833. The molecule has 0 saturated heterocycles. The number of nitrogens with zero attached hydrogens (tertiary/aromatic N) is 1. The van der Waals surface area contributed by atoms with Crippen LogP contribution in [0.25, 0.3) is 0 Å². The third kappa shape index (κ3) is 3.23. The van der Waals surface area contributed by atoms with Gasteiger partial charge in [-0.25, -0.2) is 4.98 Å². The zero-order valence-electron chi connectivity index (χ0n) is 10.4. The number of nitrogens with one attached hydrogen (secondary N) is 2. The Labute approximate surface area is 130 Å². The van der Waals surface area contributed by atoms with Gasteiger partial charge in [-0.3, -0.25) is 4.72 Å². The second-order valence-electron chi connectivity index (χ2n) is 3.84. The molecule has 8 heteroatoms. The summed E-state index contributed by atoms with van der Waals surface area (Å²) in [5.41, 5.74) is 0.704. The van der Waals surface area contributed by atoms with Gasteiger partial charge >= 0.3 is 0 Å². The Kier molecular flexibility index (Phi) is 4.52. The minimum Gasteiger partial charge on any atom is -0.386 e. The van der Waals surface area contributed by atoms with E-state index in [0.29, 0.717) is 16.4 Å². The SMILES string of the molecule is CNc1cccnc1S(=O)(=O)Nc1ccc(Br)cc1Cl. The minimum atomic E-state index is -3.81. The van der Waals surface area contributed by atoms with Gasteiger partial charge in [0, 0.05) is 17.7 Å². The van der Waals surface area contributed by atoms with Gasteiger partial charge < -0.3 is 5.32 Å². The molecule has 0 bridgehead atoms. The van der Waals surface area contributed by atoms with Gasteiger partial charge in [-0.1, -0.05) is 27.5 Å². The van der Waals surface area contributed by atoms with E-state index in [1.54, 1.807) is 37.4 Å². The summed E-state index contributed by atoms with van der Waals surface area (Å²) in [6.07, 6.45) is 1.42. The van der Waals surface area contributed by atoms with E-state index >= 15 is 0 Å². The zero-order chi connectivity index (χ0) is 14.8. The number of rotatable bonds is 4. The molecule has 20 heavy (non-hydrogen) atoms. The van der Waals surface area contributed by atoms with E-state index in [1.807, 2.05) is 0 Å². The van der Waals surface area contributed by atoms with Gasteiger partial charge in [0.25, 0.3) is 10.0 Å². The molecule has 0 radical (unpaired) electrons. The molecule has 0 aliphatic heterocycles. The first-order chi connectivity index (χ1) is 9.44. The first kappa shape index (κ1) is 15.1. The van der Waals surface area contributed by atoms with E-state index < -0.39 is 10.0 Å². The Balaban J connectivity index is 2.41. The van der Waals surface area contributed by atoms with Crippen molar-refractivity contribution in [2.24, 2.45) is 0 Å². The molecule has 2 aromatic rings. The van der Waals surface area contributed by atoms with Crippen LogP contribution in [0.3, 0.4) is 0 Å². The van der Waals surface area contributed by atoms with Crippen LogP contribution in [0.5, 0.6) is 0 Å². The highest BCUT2D eigenvalue weighted by atomic mass is 79.9. The van der Waals surface area contributed by atoms with Gasteiger partial charge in [0.15, 0.2) is 5.03 Å². The standard InChI is InChI=1S/C12H11BrClN3O2S/c1-15-11-3-2-6-16-12(11)20(18,19)17-10-5-4-8(13)7-9(10)14/h2-7,15,17H,1H3. The summed E-state index contributed by atoms with van der Waals surface area (Å²) in [5.74, 6) is 0. The van der Waals surface area contributed by atoms with Gasteiger partial charge in [0.2, 0.25) is 0 Å². The number of aromatic nitrogens is 1. The van der Waals surface area contributed by atoms with Crippen molar-refractivity contribution in [3.05, 3.63) is 46.0 Å². The van der Waals surface area contributed by atoms with Gasteiger partial charge in [-0.2, -0.15) is 8.42 Å². The van der Waals surface area contributed by atoms with E-state index in [2.05, 4.69) is 31.0 Å². The summed E-state index contributed by atoms with van der Waals surface area (Å²) in [7, 11) is -2.19. The van der Waals surface area contributed by atoms with Crippen molar-refractivity contribution in [1.82, 2.24) is 4.98 Å². The molecule has 2 rings (SSSR count). The maximum atomic E-state index is 12.3. The second-order valence-corrected chi connectivity index (χ2v) is 6.76. The Morgan fingerprint density at radius 1 is 1.25 bits per heavy atom. The van der Waals surface area contributed by atoms with E-state index in [-0.39, 0.29) is 5.03 Å². The molecule has 5 nitrogen and oxygen atoms in total. The van der Waals surface area contributed by atoms with Crippen LogP contribution in [-0.2, 0) is 10.0 Å².